The molecule has 0 spiro atoms. The van der Waals surface area contributed by atoms with Gasteiger partial charge in [0.1, 0.15) is 0 Å². The van der Waals surface area contributed by atoms with Crippen LogP contribution in [0.25, 0.3) is 0 Å². The van der Waals surface area contributed by atoms with Gasteiger partial charge in [-0.2, -0.15) is 0 Å². The summed E-state index contributed by atoms with van der Waals surface area (Å²) in [5.41, 5.74) is -0.608. The Kier molecular flexibility index (Phi) is 3.78. The van der Waals surface area contributed by atoms with Crippen molar-refractivity contribution in [3.05, 3.63) is 35.9 Å². The molecule has 0 aromatic heterocycles. The highest BCUT2D eigenvalue weighted by molar-refractivity contribution is 5.98. The summed E-state index contributed by atoms with van der Waals surface area (Å²) in [6.45, 7) is 2.19. The molecule has 0 bridgehead atoms. The Hall–Kier alpha value is -2.08. The van der Waals surface area contributed by atoms with Gasteiger partial charge >= 0.3 is 11.7 Å². The van der Waals surface area contributed by atoms with E-state index in [-0.39, 0.29) is 13.2 Å². The van der Waals surface area contributed by atoms with E-state index in [2.05, 4.69) is 15.4 Å². The van der Waals surface area contributed by atoms with Crippen LogP contribution < -0.4 is 0 Å². The molecular formula is C12H13N3O3. The Morgan fingerprint density at radius 1 is 1.33 bits per heavy atom. The number of carbonyl (C=O) groups is 1. The number of esters is 1. The third-order valence-corrected chi connectivity index (χ3v) is 2.35. The van der Waals surface area contributed by atoms with Gasteiger partial charge in [0.2, 0.25) is 0 Å². The average Bonchev–Trinajstić information content (AvgIpc) is 2.88. The van der Waals surface area contributed by atoms with Gasteiger partial charge < -0.3 is 9.47 Å². The minimum atomic E-state index is -1.54. The molecule has 0 fully saturated rings. The number of benzene rings is 1. The normalized spacial score (nSPS) is 21.2. The van der Waals surface area contributed by atoms with Gasteiger partial charge in [0.05, 0.1) is 19.4 Å². The van der Waals surface area contributed by atoms with Crippen LogP contribution in [0.4, 0.5) is 0 Å². The molecule has 1 aliphatic rings. The Bertz CT molecular complexity index is 459. The molecule has 0 saturated heterocycles. The van der Waals surface area contributed by atoms with E-state index in [4.69, 9.17) is 9.47 Å². The minimum Gasteiger partial charge on any atom is -0.462 e. The fraction of sp³-hybridized carbons (Fsp3) is 0.333. The number of ether oxygens (including phenoxy) is 2. The van der Waals surface area contributed by atoms with Crippen molar-refractivity contribution in [2.24, 2.45) is 15.4 Å². The van der Waals surface area contributed by atoms with E-state index in [1.54, 1.807) is 6.92 Å². The molecule has 1 heterocycles. The lowest BCUT2D eigenvalue weighted by atomic mass is 10.2. The van der Waals surface area contributed by atoms with Crippen LogP contribution in [-0.2, 0) is 20.9 Å². The van der Waals surface area contributed by atoms with Crippen molar-refractivity contribution < 1.29 is 14.3 Å². The van der Waals surface area contributed by atoms with Gasteiger partial charge in [-0.3, -0.25) is 0 Å². The van der Waals surface area contributed by atoms with Crippen LogP contribution in [0.1, 0.15) is 12.5 Å². The zero-order valence-electron chi connectivity index (χ0n) is 9.94. The first-order chi connectivity index (χ1) is 8.77. The second-order valence-corrected chi connectivity index (χ2v) is 3.63. The van der Waals surface area contributed by atoms with Gasteiger partial charge in [-0.25, -0.2) is 4.79 Å². The summed E-state index contributed by atoms with van der Waals surface area (Å²) >= 11 is 0. The molecule has 0 radical (unpaired) electrons. The predicted molar refractivity (Wildman–Crippen MR) is 63.9 cm³/mol. The van der Waals surface area contributed by atoms with E-state index >= 15 is 0 Å². The first-order valence-corrected chi connectivity index (χ1v) is 5.58. The summed E-state index contributed by atoms with van der Waals surface area (Å²) in [7, 11) is 0. The van der Waals surface area contributed by atoms with E-state index in [0.717, 1.165) is 5.56 Å². The molecule has 1 atom stereocenters. The molecule has 1 aromatic rings. The SMILES string of the molecule is CCOC(=O)C1(OCc2ccccc2)C=NN=N1. The predicted octanol–water partition coefficient (Wildman–Crippen LogP) is 1.91. The summed E-state index contributed by atoms with van der Waals surface area (Å²) in [5.74, 6) is -0.606. The Labute approximate surface area is 104 Å². The van der Waals surface area contributed by atoms with Crippen LogP contribution in [0.2, 0.25) is 0 Å². The standard InChI is InChI=1S/C12H13N3O3/c1-2-17-11(16)12(9-13-15-14-12)18-8-10-6-4-3-5-7-10/h3-7,9H,2,8H2,1H3. The lowest BCUT2D eigenvalue weighted by Crippen LogP contribution is -2.41. The minimum absolute atomic E-state index is 0.227. The van der Waals surface area contributed by atoms with Crippen LogP contribution in [0, 0.1) is 0 Å². The van der Waals surface area contributed by atoms with Gasteiger partial charge in [-0.05, 0) is 17.7 Å². The van der Waals surface area contributed by atoms with Gasteiger partial charge in [-0.1, -0.05) is 30.3 Å². The van der Waals surface area contributed by atoms with Crippen molar-refractivity contribution in [1.82, 2.24) is 0 Å². The van der Waals surface area contributed by atoms with Gasteiger partial charge in [0.25, 0.3) is 0 Å². The largest absolute Gasteiger partial charge is 0.462 e. The summed E-state index contributed by atoms with van der Waals surface area (Å²) in [4.78, 5) is 11.8. The second-order valence-electron chi connectivity index (χ2n) is 3.63. The molecule has 0 saturated carbocycles. The summed E-state index contributed by atoms with van der Waals surface area (Å²) in [5, 5.41) is 10.7. The number of hydrogen-bond donors (Lipinski definition) is 0. The smallest absolute Gasteiger partial charge is 0.369 e. The Morgan fingerprint density at radius 3 is 2.72 bits per heavy atom. The number of nitrogens with zero attached hydrogens (tertiary/aromatic N) is 3. The van der Waals surface area contributed by atoms with Crippen molar-refractivity contribution in [3.63, 3.8) is 0 Å². The first kappa shape index (κ1) is 12.4. The van der Waals surface area contributed by atoms with Crippen LogP contribution in [0.3, 0.4) is 0 Å². The lowest BCUT2D eigenvalue weighted by Gasteiger charge is -2.19. The number of carbonyl (C=O) groups excluding carboxylic acids is 1. The van der Waals surface area contributed by atoms with Crippen molar-refractivity contribution >= 4 is 12.2 Å². The quantitative estimate of drug-likeness (QED) is 0.746. The Morgan fingerprint density at radius 2 is 2.11 bits per heavy atom. The Balaban J connectivity index is 2.06. The van der Waals surface area contributed by atoms with Crippen molar-refractivity contribution in [3.8, 4) is 0 Å². The summed E-state index contributed by atoms with van der Waals surface area (Å²) < 4.78 is 10.4. The average molecular weight is 247 g/mol. The van der Waals surface area contributed by atoms with Crippen LogP contribution in [-0.4, -0.2) is 24.5 Å². The third kappa shape index (κ3) is 2.60. The van der Waals surface area contributed by atoms with E-state index in [9.17, 15) is 4.79 Å². The number of hydrogen-bond acceptors (Lipinski definition) is 6. The van der Waals surface area contributed by atoms with Crippen LogP contribution in [0.5, 0.6) is 0 Å². The molecule has 0 aliphatic carbocycles. The molecule has 94 valence electrons. The maximum Gasteiger partial charge on any atom is 0.369 e. The number of rotatable bonds is 5. The topological polar surface area (TPSA) is 72.6 Å². The molecular weight excluding hydrogens is 234 g/mol. The van der Waals surface area contributed by atoms with Crippen molar-refractivity contribution in [1.29, 1.82) is 0 Å². The summed E-state index contributed by atoms with van der Waals surface area (Å²) in [6.07, 6.45) is 1.24. The van der Waals surface area contributed by atoms with Crippen LogP contribution >= 0.6 is 0 Å². The molecule has 1 unspecified atom stereocenters. The second kappa shape index (κ2) is 5.50. The van der Waals surface area contributed by atoms with Crippen molar-refractivity contribution in [2.45, 2.75) is 19.3 Å². The molecule has 6 nitrogen and oxygen atoms in total. The third-order valence-electron chi connectivity index (χ3n) is 2.35. The molecule has 1 aliphatic heterocycles. The molecule has 0 amide bonds. The van der Waals surface area contributed by atoms with Gasteiger partial charge in [-0.15, -0.1) is 10.2 Å². The van der Waals surface area contributed by atoms with E-state index in [0.29, 0.717) is 0 Å². The monoisotopic (exact) mass is 247 g/mol. The molecule has 0 N–H and O–H groups in total. The highest BCUT2D eigenvalue weighted by atomic mass is 16.6. The molecule has 2 rings (SSSR count). The maximum absolute atomic E-state index is 11.8. The first-order valence-electron chi connectivity index (χ1n) is 5.58. The van der Waals surface area contributed by atoms with Crippen LogP contribution in [0.15, 0.2) is 45.8 Å². The van der Waals surface area contributed by atoms with Gasteiger partial charge in [0.15, 0.2) is 0 Å². The fourth-order valence-electron chi connectivity index (χ4n) is 1.44. The van der Waals surface area contributed by atoms with E-state index in [1.807, 2.05) is 30.3 Å². The maximum atomic E-state index is 11.8. The highest BCUT2D eigenvalue weighted by Crippen LogP contribution is 2.20. The van der Waals surface area contributed by atoms with Crippen molar-refractivity contribution in [2.75, 3.05) is 6.61 Å². The molecule has 1 aromatic carbocycles. The summed E-state index contributed by atoms with van der Waals surface area (Å²) in [6, 6.07) is 9.46. The fourth-order valence-corrected chi connectivity index (χ4v) is 1.44. The molecule has 18 heavy (non-hydrogen) atoms. The zero-order chi connectivity index (χ0) is 12.8. The zero-order valence-corrected chi connectivity index (χ0v) is 9.94. The molecule has 6 heteroatoms. The highest BCUT2D eigenvalue weighted by Gasteiger charge is 2.43. The lowest BCUT2D eigenvalue weighted by molar-refractivity contribution is -0.163. The van der Waals surface area contributed by atoms with E-state index < -0.39 is 11.7 Å². The van der Waals surface area contributed by atoms with Gasteiger partial charge in [0, 0.05) is 0 Å². The van der Waals surface area contributed by atoms with E-state index in [1.165, 1.54) is 6.21 Å².